The van der Waals surface area contributed by atoms with Gasteiger partial charge in [-0.3, -0.25) is 0 Å². The third kappa shape index (κ3) is 4.64. The third-order valence-corrected chi connectivity index (χ3v) is 7.13. The first-order chi connectivity index (χ1) is 14.5. The second kappa shape index (κ2) is 9.39. The fourth-order valence-corrected chi connectivity index (χ4v) is 5.33. The van der Waals surface area contributed by atoms with Crippen LogP contribution in [0.25, 0.3) is 10.8 Å². The Kier molecular flexibility index (Phi) is 6.63. The largest absolute Gasteiger partial charge is 0.382 e. The molecule has 4 rings (SSSR count). The van der Waals surface area contributed by atoms with Crippen molar-refractivity contribution in [2.24, 2.45) is 0 Å². The smallest absolute Gasteiger partial charge is 0.0422 e. The number of nitrogens with one attached hydrogen (secondary N) is 2. The first kappa shape index (κ1) is 21.2. The van der Waals surface area contributed by atoms with Crippen molar-refractivity contribution in [3.8, 4) is 0 Å². The van der Waals surface area contributed by atoms with Gasteiger partial charge >= 0.3 is 0 Å². The highest BCUT2D eigenvalue weighted by Crippen LogP contribution is 2.36. The van der Waals surface area contributed by atoms with E-state index in [1.54, 1.807) is 16.7 Å². The van der Waals surface area contributed by atoms with E-state index < -0.39 is 0 Å². The van der Waals surface area contributed by atoms with Crippen molar-refractivity contribution in [1.82, 2.24) is 5.32 Å². The highest BCUT2D eigenvalue weighted by Gasteiger charge is 2.25. The zero-order chi connectivity index (χ0) is 21.1. The summed E-state index contributed by atoms with van der Waals surface area (Å²) in [5.74, 6) is 0. The van der Waals surface area contributed by atoms with Crippen molar-refractivity contribution in [3.05, 3.63) is 64.8 Å². The standard InChI is InChI=1S/C28H38N2/c1-19-13-17-27(25-11-7-5-9-23(19)25)29-21(3)15-16-22(4)30-28-18-14-20(2)24-10-6-8-12-26(24)28/h5,7,9,11,13-14,17,21-22,28-30H,6,8,10,12,15-16,18H2,1-4H3. The minimum atomic E-state index is 0.457. The molecule has 160 valence electrons. The quantitative estimate of drug-likeness (QED) is 0.508. The molecule has 2 nitrogen and oxygen atoms in total. The molecule has 3 unspecified atom stereocenters. The van der Waals surface area contributed by atoms with Gasteiger partial charge in [0.25, 0.3) is 0 Å². The van der Waals surface area contributed by atoms with Gasteiger partial charge in [-0.25, -0.2) is 0 Å². The van der Waals surface area contributed by atoms with Gasteiger partial charge in [0.05, 0.1) is 0 Å². The first-order valence-corrected chi connectivity index (χ1v) is 11.9. The average Bonchev–Trinajstić information content (AvgIpc) is 2.77. The van der Waals surface area contributed by atoms with Crippen LogP contribution in [0.4, 0.5) is 5.69 Å². The van der Waals surface area contributed by atoms with Gasteiger partial charge in [-0.05, 0) is 101 Å². The maximum absolute atomic E-state index is 3.96. The Morgan fingerprint density at radius 2 is 1.63 bits per heavy atom. The van der Waals surface area contributed by atoms with Gasteiger partial charge in [-0.2, -0.15) is 0 Å². The molecule has 3 atom stereocenters. The summed E-state index contributed by atoms with van der Waals surface area (Å²) in [5.41, 5.74) is 7.52. The van der Waals surface area contributed by atoms with E-state index in [4.69, 9.17) is 0 Å². The number of hydrogen-bond donors (Lipinski definition) is 2. The Labute approximate surface area is 182 Å². The van der Waals surface area contributed by atoms with Crippen LogP contribution in [0.1, 0.15) is 71.3 Å². The van der Waals surface area contributed by atoms with Crippen LogP contribution < -0.4 is 10.6 Å². The first-order valence-electron chi connectivity index (χ1n) is 11.9. The summed E-state index contributed by atoms with van der Waals surface area (Å²) in [7, 11) is 0. The number of benzene rings is 2. The summed E-state index contributed by atoms with van der Waals surface area (Å²) in [6.07, 6.45) is 11.3. The molecule has 30 heavy (non-hydrogen) atoms. The maximum atomic E-state index is 3.96. The Bertz CT molecular complexity index is 952. The second-order valence-electron chi connectivity index (χ2n) is 9.55. The summed E-state index contributed by atoms with van der Waals surface area (Å²) in [5, 5.41) is 10.4. The van der Waals surface area contributed by atoms with Crippen LogP contribution in [0.15, 0.2) is 59.2 Å². The van der Waals surface area contributed by atoms with Gasteiger partial charge in [0.1, 0.15) is 0 Å². The topological polar surface area (TPSA) is 24.1 Å². The van der Waals surface area contributed by atoms with Gasteiger partial charge in [-0.15, -0.1) is 0 Å². The van der Waals surface area contributed by atoms with E-state index in [1.807, 2.05) is 0 Å². The molecular formula is C28H38N2. The van der Waals surface area contributed by atoms with Crippen molar-refractivity contribution < 1.29 is 0 Å². The van der Waals surface area contributed by atoms with Crippen LogP contribution in [-0.2, 0) is 0 Å². The van der Waals surface area contributed by atoms with Crippen LogP contribution in [0.2, 0.25) is 0 Å². The predicted octanol–water partition coefficient (Wildman–Crippen LogP) is 7.30. The molecule has 2 heteroatoms. The van der Waals surface area contributed by atoms with E-state index in [-0.39, 0.29) is 0 Å². The van der Waals surface area contributed by atoms with Crippen molar-refractivity contribution in [3.63, 3.8) is 0 Å². The van der Waals surface area contributed by atoms with E-state index in [9.17, 15) is 0 Å². The Hall–Kier alpha value is -2.06. The Morgan fingerprint density at radius 1 is 0.900 bits per heavy atom. The van der Waals surface area contributed by atoms with Gasteiger partial charge < -0.3 is 10.6 Å². The molecule has 0 amide bonds. The molecule has 2 aromatic rings. The molecule has 0 heterocycles. The SMILES string of the molecule is CC1=CCC(NC(C)CCC(C)Nc2ccc(C)c3ccccc23)C2=C1CCCC2. The van der Waals surface area contributed by atoms with E-state index >= 15 is 0 Å². The number of aryl methyl sites for hydroxylation is 1. The Balaban J connectivity index is 1.33. The summed E-state index contributed by atoms with van der Waals surface area (Å²) >= 11 is 0. The molecule has 0 bridgehead atoms. The second-order valence-corrected chi connectivity index (χ2v) is 9.55. The number of allylic oxidation sites excluding steroid dienone is 2. The number of fused-ring (bicyclic) bond motifs is 1. The fourth-order valence-electron chi connectivity index (χ4n) is 5.33. The molecule has 2 aromatic carbocycles. The van der Waals surface area contributed by atoms with Crippen molar-refractivity contribution in [2.45, 2.75) is 90.8 Å². The summed E-state index contributed by atoms with van der Waals surface area (Å²) in [4.78, 5) is 0. The zero-order valence-corrected chi connectivity index (χ0v) is 19.2. The molecular weight excluding hydrogens is 364 g/mol. The Morgan fingerprint density at radius 3 is 2.47 bits per heavy atom. The van der Waals surface area contributed by atoms with E-state index in [0.717, 1.165) is 6.42 Å². The van der Waals surface area contributed by atoms with Gasteiger partial charge in [0.2, 0.25) is 0 Å². The normalized spacial score (nSPS) is 21.2. The van der Waals surface area contributed by atoms with Crippen molar-refractivity contribution in [1.29, 1.82) is 0 Å². The van der Waals surface area contributed by atoms with Gasteiger partial charge in [0, 0.05) is 29.2 Å². The monoisotopic (exact) mass is 402 g/mol. The lowest BCUT2D eigenvalue weighted by Gasteiger charge is -2.34. The lowest BCUT2D eigenvalue weighted by molar-refractivity contribution is 0.424. The minimum absolute atomic E-state index is 0.457. The molecule has 2 aliphatic carbocycles. The lowest BCUT2D eigenvalue weighted by atomic mass is 9.79. The van der Waals surface area contributed by atoms with Crippen molar-refractivity contribution in [2.75, 3.05) is 5.32 Å². The van der Waals surface area contributed by atoms with Crippen LogP contribution >= 0.6 is 0 Å². The molecule has 0 aliphatic heterocycles. The minimum Gasteiger partial charge on any atom is -0.382 e. The number of rotatable bonds is 7. The molecule has 0 aromatic heterocycles. The van der Waals surface area contributed by atoms with Gasteiger partial charge in [-0.1, -0.05) is 42.0 Å². The summed E-state index contributed by atoms with van der Waals surface area (Å²) in [6, 6.07) is 14.7. The highest BCUT2D eigenvalue weighted by atomic mass is 15.0. The van der Waals surface area contributed by atoms with E-state index in [1.165, 1.54) is 60.5 Å². The van der Waals surface area contributed by atoms with Crippen LogP contribution in [-0.4, -0.2) is 18.1 Å². The predicted molar refractivity (Wildman–Crippen MR) is 131 cm³/mol. The maximum Gasteiger partial charge on any atom is 0.0422 e. The van der Waals surface area contributed by atoms with Crippen LogP contribution in [0, 0.1) is 6.92 Å². The van der Waals surface area contributed by atoms with Crippen LogP contribution in [0.3, 0.4) is 0 Å². The van der Waals surface area contributed by atoms with E-state index in [2.05, 4.69) is 80.8 Å². The molecule has 0 radical (unpaired) electrons. The molecule has 0 spiro atoms. The zero-order valence-electron chi connectivity index (χ0n) is 19.2. The third-order valence-electron chi connectivity index (χ3n) is 7.13. The average molecular weight is 403 g/mol. The molecule has 0 fully saturated rings. The van der Waals surface area contributed by atoms with E-state index in [0.29, 0.717) is 18.1 Å². The molecule has 2 N–H and O–H groups in total. The molecule has 0 saturated carbocycles. The summed E-state index contributed by atoms with van der Waals surface area (Å²) in [6.45, 7) is 9.18. The molecule has 0 saturated heterocycles. The highest BCUT2D eigenvalue weighted by molar-refractivity contribution is 5.96. The lowest BCUT2D eigenvalue weighted by Crippen LogP contribution is -2.40. The van der Waals surface area contributed by atoms with Gasteiger partial charge in [0.15, 0.2) is 0 Å². The van der Waals surface area contributed by atoms with Crippen molar-refractivity contribution >= 4 is 16.5 Å². The number of anilines is 1. The summed E-state index contributed by atoms with van der Waals surface area (Å²) < 4.78 is 0. The number of hydrogen-bond acceptors (Lipinski definition) is 2. The molecule has 2 aliphatic rings. The fraction of sp³-hybridized carbons (Fsp3) is 0.500. The van der Waals surface area contributed by atoms with Crippen LogP contribution in [0.5, 0.6) is 0 Å².